The minimum atomic E-state index is 0.0258. The van der Waals surface area contributed by atoms with Crippen molar-refractivity contribution in [2.75, 3.05) is 0 Å². The molecule has 66 valence electrons. The van der Waals surface area contributed by atoms with Crippen molar-refractivity contribution < 1.29 is 4.79 Å². The maximum Gasteiger partial charge on any atom is 0.186 e. The molecule has 0 unspecified atom stereocenters. The molecule has 1 aromatic heterocycles. The summed E-state index contributed by atoms with van der Waals surface area (Å²) in [7, 11) is 0. The number of aromatic nitrogens is 2. The molecular formula is C11H6N2O. The average molecular weight is 182 g/mol. The molecule has 1 aliphatic rings. The highest BCUT2D eigenvalue weighted by molar-refractivity contribution is 6.18. The minimum absolute atomic E-state index is 0.0258. The van der Waals surface area contributed by atoms with Crippen LogP contribution in [0.25, 0.3) is 17.0 Å². The first kappa shape index (κ1) is 7.38. The predicted octanol–water partition coefficient (Wildman–Crippen LogP) is 1.84. The summed E-state index contributed by atoms with van der Waals surface area (Å²) in [6, 6.07) is 5.53. The van der Waals surface area contributed by atoms with Crippen LogP contribution in [0.1, 0.15) is 16.1 Å². The molecule has 0 saturated heterocycles. The molecule has 1 aromatic carbocycles. The summed E-state index contributed by atoms with van der Waals surface area (Å²) >= 11 is 0. The van der Waals surface area contributed by atoms with Crippen molar-refractivity contribution in [1.29, 1.82) is 0 Å². The van der Waals surface area contributed by atoms with E-state index in [0.29, 0.717) is 5.56 Å². The van der Waals surface area contributed by atoms with E-state index in [2.05, 4.69) is 9.97 Å². The van der Waals surface area contributed by atoms with Gasteiger partial charge in [-0.3, -0.25) is 4.79 Å². The van der Waals surface area contributed by atoms with Gasteiger partial charge in [-0.2, -0.15) is 0 Å². The summed E-state index contributed by atoms with van der Waals surface area (Å²) in [5, 5.41) is 0.863. The van der Waals surface area contributed by atoms with Crippen LogP contribution in [-0.2, 0) is 0 Å². The second-order valence-corrected chi connectivity index (χ2v) is 3.16. The molecule has 0 aliphatic heterocycles. The summed E-state index contributed by atoms with van der Waals surface area (Å²) in [4.78, 5) is 19.8. The Labute approximate surface area is 80.1 Å². The van der Waals surface area contributed by atoms with Gasteiger partial charge in [0.2, 0.25) is 0 Å². The van der Waals surface area contributed by atoms with Gasteiger partial charge in [-0.05, 0) is 18.2 Å². The van der Waals surface area contributed by atoms with Crippen LogP contribution in [0.4, 0.5) is 0 Å². The Hall–Kier alpha value is -2.03. The smallest absolute Gasteiger partial charge is 0.186 e. The number of nitrogens with zero attached hydrogens (tertiary/aromatic N) is 2. The molecule has 1 heterocycles. The number of benzene rings is 1. The molecule has 0 N–H and O–H groups in total. The van der Waals surface area contributed by atoms with Crippen molar-refractivity contribution in [2.24, 2.45) is 0 Å². The summed E-state index contributed by atoms with van der Waals surface area (Å²) in [5.74, 6) is 0.0258. The lowest BCUT2D eigenvalue weighted by molar-refractivity contribution is 0.104. The van der Waals surface area contributed by atoms with Crippen LogP contribution in [0.15, 0.2) is 30.6 Å². The van der Waals surface area contributed by atoms with Gasteiger partial charge >= 0.3 is 0 Å². The van der Waals surface area contributed by atoms with E-state index in [1.807, 2.05) is 12.1 Å². The Kier molecular flexibility index (Phi) is 1.31. The summed E-state index contributed by atoms with van der Waals surface area (Å²) in [6.07, 6.45) is 4.80. The second-order valence-electron chi connectivity index (χ2n) is 3.16. The van der Waals surface area contributed by atoms with E-state index in [4.69, 9.17) is 0 Å². The molecule has 0 spiro atoms. The monoisotopic (exact) mass is 182 g/mol. The van der Waals surface area contributed by atoms with Crippen LogP contribution in [0.5, 0.6) is 0 Å². The number of carbonyl (C=O) groups is 1. The lowest BCUT2D eigenvalue weighted by Gasteiger charge is -2.08. The molecule has 0 saturated carbocycles. The van der Waals surface area contributed by atoms with Gasteiger partial charge in [0.15, 0.2) is 5.78 Å². The number of allylic oxidation sites excluding steroid dienone is 1. The van der Waals surface area contributed by atoms with Crippen LogP contribution in [-0.4, -0.2) is 15.8 Å². The van der Waals surface area contributed by atoms with Gasteiger partial charge in [-0.1, -0.05) is 12.1 Å². The van der Waals surface area contributed by atoms with Crippen LogP contribution in [0.2, 0.25) is 0 Å². The highest BCUT2D eigenvalue weighted by atomic mass is 16.1. The predicted molar refractivity (Wildman–Crippen MR) is 52.9 cm³/mol. The van der Waals surface area contributed by atoms with Crippen molar-refractivity contribution in [3.63, 3.8) is 0 Å². The zero-order valence-electron chi connectivity index (χ0n) is 7.27. The number of rotatable bonds is 0. The Morgan fingerprint density at radius 3 is 2.93 bits per heavy atom. The first-order chi connectivity index (χ1) is 6.86. The minimum Gasteiger partial charge on any atom is -0.289 e. The normalized spacial score (nSPS) is 13.6. The van der Waals surface area contributed by atoms with Gasteiger partial charge in [-0.25, -0.2) is 9.97 Å². The van der Waals surface area contributed by atoms with E-state index >= 15 is 0 Å². The number of hydrogen-bond acceptors (Lipinski definition) is 3. The van der Waals surface area contributed by atoms with Gasteiger partial charge in [-0.15, -0.1) is 0 Å². The Morgan fingerprint density at radius 2 is 2.00 bits per heavy atom. The van der Waals surface area contributed by atoms with Gasteiger partial charge in [0.1, 0.15) is 6.33 Å². The van der Waals surface area contributed by atoms with Crippen molar-refractivity contribution in [2.45, 2.75) is 0 Å². The third-order valence-corrected chi connectivity index (χ3v) is 2.35. The average Bonchev–Trinajstić information content (AvgIpc) is 2.24. The fourth-order valence-electron chi connectivity index (χ4n) is 1.71. The first-order valence-electron chi connectivity index (χ1n) is 4.32. The molecule has 0 radical (unpaired) electrons. The van der Waals surface area contributed by atoms with E-state index in [1.54, 1.807) is 18.2 Å². The third-order valence-electron chi connectivity index (χ3n) is 2.35. The summed E-state index contributed by atoms with van der Waals surface area (Å²) in [5.41, 5.74) is 2.34. The lowest BCUT2D eigenvalue weighted by atomic mass is 9.98. The van der Waals surface area contributed by atoms with E-state index in [9.17, 15) is 4.79 Å². The molecule has 14 heavy (non-hydrogen) atoms. The molecule has 0 amide bonds. The molecule has 0 fully saturated rings. The van der Waals surface area contributed by atoms with Crippen LogP contribution in [0.3, 0.4) is 0 Å². The third kappa shape index (κ3) is 0.836. The topological polar surface area (TPSA) is 42.9 Å². The number of hydrogen-bond donors (Lipinski definition) is 0. The maximum atomic E-state index is 11.5. The Balaban J connectivity index is 2.58. The first-order valence-corrected chi connectivity index (χ1v) is 4.32. The van der Waals surface area contributed by atoms with Crippen LogP contribution in [0, 0.1) is 0 Å². The SMILES string of the molecule is O=C1C=Cc2ncnc3cccc1c23. The summed E-state index contributed by atoms with van der Waals surface area (Å²) < 4.78 is 0. The molecule has 3 heteroatoms. The maximum absolute atomic E-state index is 11.5. The van der Waals surface area contributed by atoms with E-state index in [-0.39, 0.29) is 5.78 Å². The van der Waals surface area contributed by atoms with E-state index < -0.39 is 0 Å². The molecule has 1 aliphatic carbocycles. The van der Waals surface area contributed by atoms with Crippen molar-refractivity contribution in [1.82, 2.24) is 9.97 Å². The zero-order valence-corrected chi connectivity index (χ0v) is 7.27. The molecule has 3 rings (SSSR count). The van der Waals surface area contributed by atoms with Gasteiger partial charge in [0.25, 0.3) is 0 Å². The van der Waals surface area contributed by atoms with Crippen LogP contribution < -0.4 is 0 Å². The van der Waals surface area contributed by atoms with E-state index in [0.717, 1.165) is 16.6 Å². The van der Waals surface area contributed by atoms with E-state index in [1.165, 1.54) is 6.33 Å². The highest BCUT2D eigenvalue weighted by Crippen LogP contribution is 2.24. The molecular weight excluding hydrogens is 176 g/mol. The highest BCUT2D eigenvalue weighted by Gasteiger charge is 2.15. The fourth-order valence-corrected chi connectivity index (χ4v) is 1.71. The number of ketones is 1. The summed E-state index contributed by atoms with van der Waals surface area (Å²) in [6.45, 7) is 0. The van der Waals surface area contributed by atoms with Gasteiger partial charge < -0.3 is 0 Å². The standard InChI is InChI=1S/C11H6N2O/c14-10-5-4-9-11-7(10)2-1-3-8(11)12-6-13-9/h1-6H. The second kappa shape index (κ2) is 2.48. The lowest BCUT2D eigenvalue weighted by Crippen LogP contribution is -2.03. The van der Waals surface area contributed by atoms with Gasteiger partial charge in [0, 0.05) is 10.9 Å². The molecule has 0 bridgehead atoms. The number of carbonyl (C=O) groups excluding carboxylic acids is 1. The van der Waals surface area contributed by atoms with Gasteiger partial charge in [0.05, 0.1) is 11.2 Å². The molecule has 3 nitrogen and oxygen atoms in total. The van der Waals surface area contributed by atoms with Crippen molar-refractivity contribution >= 4 is 22.8 Å². The zero-order chi connectivity index (χ0) is 9.54. The quantitative estimate of drug-likeness (QED) is 0.624. The fraction of sp³-hybridized carbons (Fsp3) is 0. The van der Waals surface area contributed by atoms with Crippen LogP contribution >= 0.6 is 0 Å². The Morgan fingerprint density at radius 1 is 1.07 bits per heavy atom. The molecule has 2 aromatic rings. The molecule has 0 atom stereocenters. The van der Waals surface area contributed by atoms with Crippen molar-refractivity contribution in [3.8, 4) is 0 Å². The Bertz CT molecular complexity index is 567. The van der Waals surface area contributed by atoms with Crippen molar-refractivity contribution in [3.05, 3.63) is 41.9 Å². The largest absolute Gasteiger partial charge is 0.289 e.